The summed E-state index contributed by atoms with van der Waals surface area (Å²) in [7, 11) is 0. The van der Waals surface area contributed by atoms with E-state index in [2.05, 4.69) is 10.6 Å². The quantitative estimate of drug-likeness (QED) is 0.671. The fourth-order valence-electron chi connectivity index (χ4n) is 2.11. The summed E-state index contributed by atoms with van der Waals surface area (Å²) in [4.78, 5) is 23.0. The molecule has 0 radical (unpaired) electrons. The minimum Gasteiger partial charge on any atom is -0.445 e. The van der Waals surface area contributed by atoms with E-state index in [0.717, 1.165) is 0 Å². The van der Waals surface area contributed by atoms with Gasteiger partial charge in [0.25, 0.3) is 5.91 Å². The van der Waals surface area contributed by atoms with Crippen LogP contribution in [0.15, 0.2) is 16.6 Å². The first-order chi connectivity index (χ1) is 7.62. The summed E-state index contributed by atoms with van der Waals surface area (Å²) in [6, 6.07) is 1.06. The SMILES string of the molecule is O=C1NC(=O)C2(CC=Cc3oc(Cl)cc32)N1. The van der Waals surface area contributed by atoms with Gasteiger partial charge in [0, 0.05) is 18.1 Å². The molecule has 3 amide bonds. The Kier molecular flexibility index (Phi) is 1.71. The Morgan fingerprint density at radius 2 is 2.25 bits per heavy atom. The average molecular weight is 239 g/mol. The molecule has 1 aliphatic heterocycles. The van der Waals surface area contributed by atoms with E-state index in [0.29, 0.717) is 17.7 Å². The maximum absolute atomic E-state index is 11.8. The zero-order chi connectivity index (χ0) is 11.3. The Morgan fingerprint density at radius 3 is 2.94 bits per heavy atom. The molecular weight excluding hydrogens is 232 g/mol. The average Bonchev–Trinajstić information content (AvgIpc) is 2.70. The third-order valence-electron chi connectivity index (χ3n) is 2.83. The van der Waals surface area contributed by atoms with E-state index in [9.17, 15) is 9.59 Å². The van der Waals surface area contributed by atoms with Gasteiger partial charge in [0.1, 0.15) is 5.76 Å². The van der Waals surface area contributed by atoms with Crippen LogP contribution in [0.5, 0.6) is 0 Å². The molecule has 0 aromatic carbocycles. The van der Waals surface area contributed by atoms with Crippen molar-refractivity contribution in [2.24, 2.45) is 0 Å². The molecule has 1 aromatic rings. The first kappa shape index (κ1) is 9.47. The molecule has 1 unspecified atom stereocenters. The second kappa shape index (κ2) is 2.89. The van der Waals surface area contributed by atoms with Gasteiger partial charge < -0.3 is 9.73 Å². The summed E-state index contributed by atoms with van der Waals surface area (Å²) in [5.41, 5.74) is -0.457. The van der Waals surface area contributed by atoms with E-state index >= 15 is 0 Å². The largest absolute Gasteiger partial charge is 0.445 e. The van der Waals surface area contributed by atoms with E-state index < -0.39 is 11.6 Å². The summed E-state index contributed by atoms with van der Waals surface area (Å²) >= 11 is 5.75. The van der Waals surface area contributed by atoms with Crippen LogP contribution >= 0.6 is 11.6 Å². The molecular formula is C10H7ClN2O3. The third kappa shape index (κ3) is 1.06. The molecule has 82 valence electrons. The molecule has 5 nitrogen and oxygen atoms in total. The Morgan fingerprint density at radius 1 is 1.44 bits per heavy atom. The topological polar surface area (TPSA) is 71.3 Å². The molecule has 1 aromatic heterocycles. The smallest absolute Gasteiger partial charge is 0.322 e. The van der Waals surface area contributed by atoms with Gasteiger partial charge in [0.2, 0.25) is 0 Å². The van der Waals surface area contributed by atoms with E-state index in [1.54, 1.807) is 18.2 Å². The number of nitrogens with one attached hydrogen (secondary N) is 2. The van der Waals surface area contributed by atoms with Crippen LogP contribution in [0.25, 0.3) is 6.08 Å². The van der Waals surface area contributed by atoms with E-state index in [1.165, 1.54) is 0 Å². The number of halogens is 1. The molecule has 16 heavy (non-hydrogen) atoms. The number of amides is 3. The van der Waals surface area contributed by atoms with Gasteiger partial charge >= 0.3 is 6.03 Å². The van der Waals surface area contributed by atoms with E-state index in [-0.39, 0.29) is 11.1 Å². The lowest BCUT2D eigenvalue weighted by atomic mass is 9.83. The number of urea groups is 1. The standard InChI is InChI=1S/C10H7ClN2O3/c11-7-4-5-6(16-7)2-1-3-10(5)8(14)12-9(15)13-10/h1-2,4H,3H2,(H2,12,13,14,15). The molecule has 2 N–H and O–H groups in total. The highest BCUT2D eigenvalue weighted by atomic mass is 35.5. The molecule has 1 fully saturated rings. The van der Waals surface area contributed by atoms with Crippen molar-refractivity contribution in [2.45, 2.75) is 12.0 Å². The van der Waals surface area contributed by atoms with Gasteiger partial charge in [-0.2, -0.15) is 0 Å². The molecule has 1 saturated heterocycles. The Balaban J connectivity index is 2.20. The zero-order valence-corrected chi connectivity index (χ0v) is 8.80. The van der Waals surface area contributed by atoms with Crippen molar-refractivity contribution in [3.63, 3.8) is 0 Å². The Bertz CT molecular complexity index is 534. The van der Waals surface area contributed by atoms with Crippen LogP contribution in [-0.2, 0) is 10.3 Å². The van der Waals surface area contributed by atoms with Gasteiger partial charge in [-0.15, -0.1) is 0 Å². The van der Waals surface area contributed by atoms with Gasteiger partial charge in [-0.05, 0) is 17.7 Å². The highest BCUT2D eigenvalue weighted by Gasteiger charge is 2.50. The highest BCUT2D eigenvalue weighted by molar-refractivity contribution is 6.29. The normalized spacial score (nSPS) is 26.8. The number of carbonyl (C=O) groups is 2. The van der Waals surface area contributed by atoms with Crippen LogP contribution in [0.2, 0.25) is 5.22 Å². The number of carbonyl (C=O) groups excluding carboxylic acids is 2. The first-order valence-corrected chi connectivity index (χ1v) is 5.09. The van der Waals surface area contributed by atoms with E-state index in [4.69, 9.17) is 16.0 Å². The monoisotopic (exact) mass is 238 g/mol. The number of imide groups is 1. The lowest BCUT2D eigenvalue weighted by Crippen LogP contribution is -2.44. The van der Waals surface area contributed by atoms with Crippen molar-refractivity contribution < 1.29 is 14.0 Å². The summed E-state index contributed by atoms with van der Waals surface area (Å²) in [5.74, 6) is 0.133. The van der Waals surface area contributed by atoms with E-state index in [1.807, 2.05) is 0 Å². The molecule has 1 spiro atoms. The van der Waals surface area contributed by atoms with Gasteiger partial charge in [-0.1, -0.05) is 6.08 Å². The zero-order valence-electron chi connectivity index (χ0n) is 8.04. The number of hydrogen-bond acceptors (Lipinski definition) is 3. The molecule has 1 atom stereocenters. The lowest BCUT2D eigenvalue weighted by molar-refractivity contribution is -0.124. The summed E-state index contributed by atoms with van der Waals surface area (Å²) < 4.78 is 5.22. The maximum atomic E-state index is 11.8. The first-order valence-electron chi connectivity index (χ1n) is 4.72. The van der Waals surface area contributed by atoms with Crippen LogP contribution in [0.4, 0.5) is 4.79 Å². The summed E-state index contributed by atoms with van der Waals surface area (Å²) in [6.45, 7) is 0. The highest BCUT2D eigenvalue weighted by Crippen LogP contribution is 2.38. The third-order valence-corrected chi connectivity index (χ3v) is 3.01. The van der Waals surface area contributed by atoms with Crippen LogP contribution in [0.1, 0.15) is 17.7 Å². The van der Waals surface area contributed by atoms with Crippen LogP contribution < -0.4 is 10.6 Å². The molecule has 1 aliphatic carbocycles. The maximum Gasteiger partial charge on any atom is 0.322 e. The minimum atomic E-state index is -1.06. The molecule has 6 heteroatoms. The number of rotatable bonds is 0. The molecule has 0 bridgehead atoms. The van der Waals surface area contributed by atoms with Crippen molar-refractivity contribution in [3.8, 4) is 0 Å². The van der Waals surface area contributed by atoms with Gasteiger partial charge in [-0.3, -0.25) is 10.1 Å². The second-order valence-corrected chi connectivity index (χ2v) is 4.12. The predicted molar refractivity (Wildman–Crippen MR) is 55.7 cm³/mol. The van der Waals surface area contributed by atoms with Crippen molar-refractivity contribution >= 4 is 29.6 Å². The molecule has 0 saturated carbocycles. The van der Waals surface area contributed by atoms with Gasteiger partial charge in [0.15, 0.2) is 10.8 Å². The van der Waals surface area contributed by atoms with Gasteiger partial charge in [-0.25, -0.2) is 4.79 Å². The van der Waals surface area contributed by atoms with Gasteiger partial charge in [0.05, 0.1) is 0 Å². The summed E-state index contributed by atoms with van der Waals surface area (Å²) in [6.07, 6.45) is 3.91. The van der Waals surface area contributed by atoms with Crippen molar-refractivity contribution in [2.75, 3.05) is 0 Å². The number of fused-ring (bicyclic) bond motifs is 2. The number of hydrogen-bond donors (Lipinski definition) is 2. The lowest BCUT2D eigenvalue weighted by Gasteiger charge is -2.26. The Hall–Kier alpha value is -1.75. The molecule has 3 rings (SSSR count). The summed E-state index contributed by atoms with van der Waals surface area (Å²) in [5, 5.41) is 5.04. The fraction of sp³-hybridized carbons (Fsp3) is 0.200. The van der Waals surface area contributed by atoms with Crippen molar-refractivity contribution in [1.82, 2.24) is 10.6 Å². The number of furan rings is 1. The fourth-order valence-corrected chi connectivity index (χ4v) is 2.30. The predicted octanol–water partition coefficient (Wildman–Crippen LogP) is 1.38. The molecule has 2 aliphatic rings. The van der Waals surface area contributed by atoms with Crippen molar-refractivity contribution in [3.05, 3.63) is 28.7 Å². The van der Waals surface area contributed by atoms with Crippen LogP contribution in [0.3, 0.4) is 0 Å². The second-order valence-electron chi connectivity index (χ2n) is 3.75. The molecule has 2 heterocycles. The van der Waals surface area contributed by atoms with Crippen LogP contribution in [0, 0.1) is 0 Å². The minimum absolute atomic E-state index is 0.199. The van der Waals surface area contributed by atoms with Crippen molar-refractivity contribution in [1.29, 1.82) is 0 Å². The van der Waals surface area contributed by atoms with Crippen LogP contribution in [-0.4, -0.2) is 11.9 Å². The Labute approximate surface area is 95.4 Å².